The van der Waals surface area contributed by atoms with Gasteiger partial charge in [0.05, 0.1) is 15.5 Å². The van der Waals surface area contributed by atoms with Crippen LogP contribution in [0.5, 0.6) is 0 Å². The van der Waals surface area contributed by atoms with Crippen molar-refractivity contribution < 1.29 is 9.31 Å². The standard InChI is InChI=1S/C13H18BrFN4O2/c1-17-3-4-18(2)9(8-17)7-16-12-5-10(14)11(15)6-13(12)19(20)21/h5-6,9,16H,3-4,7-8H2,1-2H3. The highest BCUT2D eigenvalue weighted by Gasteiger charge is 2.23. The van der Waals surface area contributed by atoms with E-state index >= 15 is 0 Å². The van der Waals surface area contributed by atoms with Crippen molar-refractivity contribution in [3.05, 3.63) is 32.5 Å². The van der Waals surface area contributed by atoms with Gasteiger partial charge in [0.2, 0.25) is 0 Å². The van der Waals surface area contributed by atoms with Gasteiger partial charge >= 0.3 is 0 Å². The first-order valence-electron chi connectivity index (χ1n) is 6.64. The topological polar surface area (TPSA) is 61.6 Å². The summed E-state index contributed by atoms with van der Waals surface area (Å²) >= 11 is 3.06. The van der Waals surface area contributed by atoms with Crippen molar-refractivity contribution in [2.75, 3.05) is 45.6 Å². The molecule has 0 spiro atoms. The maximum absolute atomic E-state index is 13.4. The Labute approximate surface area is 131 Å². The molecule has 1 saturated heterocycles. The number of benzene rings is 1. The lowest BCUT2D eigenvalue weighted by atomic mass is 10.1. The van der Waals surface area contributed by atoms with Crippen LogP contribution in [-0.2, 0) is 0 Å². The van der Waals surface area contributed by atoms with Crippen LogP contribution < -0.4 is 5.32 Å². The first-order chi connectivity index (χ1) is 9.88. The molecular formula is C13H18BrFN4O2. The molecule has 0 aromatic heterocycles. The molecule has 1 atom stereocenters. The highest BCUT2D eigenvalue weighted by Crippen LogP contribution is 2.30. The van der Waals surface area contributed by atoms with Gasteiger partial charge in [-0.25, -0.2) is 4.39 Å². The number of nitro benzene ring substituents is 1. The van der Waals surface area contributed by atoms with Gasteiger partial charge in [0.15, 0.2) is 0 Å². The first kappa shape index (κ1) is 16.1. The van der Waals surface area contributed by atoms with Gasteiger partial charge in [-0.1, -0.05) is 0 Å². The number of likely N-dealkylation sites (N-methyl/N-ethyl adjacent to an activating group) is 2. The molecule has 0 aliphatic carbocycles. The molecule has 1 heterocycles. The Balaban J connectivity index is 2.12. The highest BCUT2D eigenvalue weighted by molar-refractivity contribution is 9.10. The zero-order valence-electron chi connectivity index (χ0n) is 12.0. The molecule has 0 radical (unpaired) electrons. The van der Waals surface area contributed by atoms with E-state index in [1.54, 1.807) is 0 Å². The van der Waals surface area contributed by atoms with Crippen LogP contribution in [-0.4, -0.2) is 61.0 Å². The molecule has 1 fully saturated rings. The lowest BCUT2D eigenvalue weighted by molar-refractivity contribution is -0.384. The van der Waals surface area contributed by atoms with Gasteiger partial charge in [0, 0.05) is 32.2 Å². The van der Waals surface area contributed by atoms with Crippen LogP contribution in [0.2, 0.25) is 0 Å². The van der Waals surface area contributed by atoms with E-state index in [9.17, 15) is 14.5 Å². The van der Waals surface area contributed by atoms with Crippen molar-refractivity contribution in [1.29, 1.82) is 0 Å². The summed E-state index contributed by atoms with van der Waals surface area (Å²) in [7, 11) is 4.09. The van der Waals surface area contributed by atoms with Crippen molar-refractivity contribution in [3.8, 4) is 0 Å². The molecule has 21 heavy (non-hydrogen) atoms. The van der Waals surface area contributed by atoms with Crippen molar-refractivity contribution in [2.45, 2.75) is 6.04 Å². The number of nitrogens with zero attached hydrogens (tertiary/aromatic N) is 3. The summed E-state index contributed by atoms with van der Waals surface area (Å²) in [5.74, 6) is -0.637. The van der Waals surface area contributed by atoms with E-state index in [4.69, 9.17) is 0 Å². The summed E-state index contributed by atoms with van der Waals surface area (Å²) in [5.41, 5.74) is 0.0809. The Hall–Kier alpha value is -1.25. The van der Waals surface area contributed by atoms with Gasteiger partial charge in [-0.05, 0) is 36.1 Å². The lowest BCUT2D eigenvalue weighted by Crippen LogP contribution is -2.52. The van der Waals surface area contributed by atoms with Crippen LogP contribution in [0.25, 0.3) is 0 Å². The predicted octanol–water partition coefficient (Wildman–Crippen LogP) is 2.15. The zero-order valence-corrected chi connectivity index (χ0v) is 13.6. The zero-order chi connectivity index (χ0) is 15.6. The van der Waals surface area contributed by atoms with Gasteiger partial charge in [0.25, 0.3) is 5.69 Å². The average Bonchev–Trinajstić information content (AvgIpc) is 2.42. The normalized spacial score (nSPS) is 20.5. The van der Waals surface area contributed by atoms with Gasteiger partial charge in [-0.2, -0.15) is 0 Å². The van der Waals surface area contributed by atoms with Gasteiger partial charge < -0.3 is 10.2 Å². The van der Waals surface area contributed by atoms with Crippen LogP contribution in [0.1, 0.15) is 0 Å². The van der Waals surface area contributed by atoms with E-state index in [1.807, 2.05) is 7.05 Å². The van der Waals surface area contributed by atoms with Crippen LogP contribution in [0.15, 0.2) is 16.6 Å². The van der Waals surface area contributed by atoms with E-state index in [2.05, 4.69) is 38.1 Å². The maximum atomic E-state index is 13.4. The van der Waals surface area contributed by atoms with Crippen molar-refractivity contribution in [1.82, 2.24) is 9.80 Å². The van der Waals surface area contributed by atoms with Crippen LogP contribution >= 0.6 is 15.9 Å². The first-order valence-corrected chi connectivity index (χ1v) is 7.44. The molecule has 2 rings (SSSR count). The van der Waals surface area contributed by atoms with Crippen LogP contribution in [0.4, 0.5) is 15.8 Å². The molecule has 116 valence electrons. The van der Waals surface area contributed by atoms with E-state index < -0.39 is 10.7 Å². The fraction of sp³-hybridized carbons (Fsp3) is 0.538. The quantitative estimate of drug-likeness (QED) is 0.658. The smallest absolute Gasteiger partial charge is 0.295 e. The average molecular weight is 361 g/mol. The summed E-state index contributed by atoms with van der Waals surface area (Å²) in [4.78, 5) is 14.9. The molecule has 1 aromatic rings. The number of nitro groups is 1. The highest BCUT2D eigenvalue weighted by atomic mass is 79.9. The fourth-order valence-corrected chi connectivity index (χ4v) is 2.72. The van der Waals surface area contributed by atoms with Gasteiger partial charge in [-0.15, -0.1) is 0 Å². The molecule has 0 amide bonds. The largest absolute Gasteiger partial charge is 0.378 e. The molecular weight excluding hydrogens is 343 g/mol. The second-order valence-corrected chi connectivity index (χ2v) is 6.17. The Morgan fingerprint density at radius 3 is 2.86 bits per heavy atom. The Morgan fingerprint density at radius 2 is 2.19 bits per heavy atom. The Kier molecular flexibility index (Phi) is 5.13. The second kappa shape index (κ2) is 6.67. The summed E-state index contributed by atoms with van der Waals surface area (Å²) in [5, 5.41) is 14.1. The minimum absolute atomic E-state index is 0.213. The third-order valence-electron chi connectivity index (χ3n) is 3.74. The monoisotopic (exact) mass is 360 g/mol. The Bertz CT molecular complexity index is 543. The second-order valence-electron chi connectivity index (χ2n) is 5.32. The molecule has 1 aromatic carbocycles. The molecule has 0 bridgehead atoms. The van der Waals surface area contributed by atoms with Crippen molar-refractivity contribution in [2.24, 2.45) is 0 Å². The number of hydrogen-bond donors (Lipinski definition) is 1. The third-order valence-corrected chi connectivity index (χ3v) is 4.35. The van der Waals surface area contributed by atoms with Crippen LogP contribution in [0.3, 0.4) is 0 Å². The van der Waals surface area contributed by atoms with E-state index in [0.717, 1.165) is 25.7 Å². The summed E-state index contributed by atoms with van der Waals surface area (Å²) in [6, 6.07) is 2.61. The van der Waals surface area contributed by atoms with E-state index in [-0.39, 0.29) is 16.2 Å². The molecule has 6 nitrogen and oxygen atoms in total. The van der Waals surface area contributed by atoms with E-state index in [1.165, 1.54) is 6.07 Å². The molecule has 1 N–H and O–H groups in total. The molecule has 1 aliphatic rings. The lowest BCUT2D eigenvalue weighted by Gasteiger charge is -2.37. The third kappa shape index (κ3) is 3.90. The SMILES string of the molecule is CN1CCN(C)C(CNc2cc(Br)c(F)cc2[N+](=O)[O-])C1. The van der Waals surface area contributed by atoms with E-state index in [0.29, 0.717) is 12.2 Å². The summed E-state index contributed by atoms with van der Waals surface area (Å²) < 4.78 is 13.6. The minimum Gasteiger partial charge on any atom is -0.378 e. The molecule has 1 unspecified atom stereocenters. The summed E-state index contributed by atoms with van der Waals surface area (Å²) in [6.45, 7) is 3.42. The maximum Gasteiger partial charge on any atom is 0.295 e. The fourth-order valence-electron chi connectivity index (χ4n) is 2.38. The van der Waals surface area contributed by atoms with Crippen molar-refractivity contribution >= 4 is 27.3 Å². The number of nitrogens with one attached hydrogen (secondary N) is 1. The summed E-state index contributed by atoms with van der Waals surface area (Å²) in [6.07, 6.45) is 0. The molecule has 0 saturated carbocycles. The van der Waals surface area contributed by atoms with Gasteiger partial charge in [-0.3, -0.25) is 15.0 Å². The number of halogens is 2. The molecule has 8 heteroatoms. The van der Waals surface area contributed by atoms with Gasteiger partial charge in [0.1, 0.15) is 11.5 Å². The number of piperazine rings is 1. The predicted molar refractivity (Wildman–Crippen MR) is 83.2 cm³/mol. The van der Waals surface area contributed by atoms with Crippen LogP contribution in [0, 0.1) is 15.9 Å². The molecule has 1 aliphatic heterocycles. The number of hydrogen-bond acceptors (Lipinski definition) is 5. The minimum atomic E-state index is -0.637. The number of rotatable bonds is 4. The number of anilines is 1. The Morgan fingerprint density at radius 1 is 1.48 bits per heavy atom. The van der Waals surface area contributed by atoms with Crippen molar-refractivity contribution in [3.63, 3.8) is 0 Å².